The van der Waals surface area contributed by atoms with Gasteiger partial charge in [-0.15, -0.1) is 11.8 Å². The van der Waals surface area contributed by atoms with Crippen molar-refractivity contribution in [2.75, 3.05) is 5.75 Å². The molecule has 0 bridgehead atoms. The van der Waals surface area contributed by atoms with Crippen molar-refractivity contribution in [1.29, 1.82) is 5.26 Å². The lowest BCUT2D eigenvalue weighted by atomic mass is 10.3. The fraction of sp³-hybridized carbons (Fsp3) is 0.333. The molecule has 5 heteroatoms. The number of thioether (sulfide) groups is 1. The topological polar surface area (TPSA) is 75.8 Å². The van der Waals surface area contributed by atoms with E-state index in [9.17, 15) is 0 Å². The summed E-state index contributed by atoms with van der Waals surface area (Å²) in [7, 11) is 0. The van der Waals surface area contributed by atoms with Crippen LogP contribution in [0.4, 0.5) is 0 Å². The number of thiocarbonyl (C=S) groups is 1. The second-order valence-corrected chi connectivity index (χ2v) is 3.39. The number of nitriles is 1. The van der Waals surface area contributed by atoms with E-state index in [0.717, 1.165) is 5.75 Å². The molecule has 0 aliphatic rings. The van der Waals surface area contributed by atoms with E-state index in [1.165, 1.54) is 11.8 Å². The fourth-order valence-electron chi connectivity index (χ4n) is 0.459. The van der Waals surface area contributed by atoms with Crippen molar-refractivity contribution in [3.63, 3.8) is 0 Å². The molecule has 0 aliphatic carbocycles. The van der Waals surface area contributed by atoms with Crippen LogP contribution in [0.15, 0.2) is 10.6 Å². The molecule has 0 rings (SSSR count). The minimum atomic E-state index is 0.0611. The zero-order valence-electron chi connectivity index (χ0n) is 6.13. The van der Waals surface area contributed by atoms with E-state index in [1.807, 2.05) is 13.0 Å². The summed E-state index contributed by atoms with van der Waals surface area (Å²) in [6.45, 7) is 1.94. The summed E-state index contributed by atoms with van der Waals surface area (Å²) in [6.07, 6.45) is 0. The maximum atomic E-state index is 8.52. The Balaban J connectivity index is 4.58. The number of rotatable bonds is 3. The Labute approximate surface area is 75.4 Å². The second-order valence-electron chi connectivity index (χ2n) is 1.65. The number of hydrogen-bond acceptors (Lipinski definition) is 4. The van der Waals surface area contributed by atoms with Crippen LogP contribution in [-0.4, -0.2) is 10.7 Å². The SMILES string of the molecule is CCS/C(N)=C(/C#N)C(N)=S. The summed E-state index contributed by atoms with van der Waals surface area (Å²) in [5.41, 5.74) is 10.9. The molecular weight excluding hydrogens is 178 g/mol. The van der Waals surface area contributed by atoms with Crippen LogP contribution in [0.25, 0.3) is 0 Å². The molecule has 0 saturated carbocycles. The Morgan fingerprint density at radius 2 is 2.18 bits per heavy atom. The zero-order valence-corrected chi connectivity index (χ0v) is 7.76. The lowest BCUT2D eigenvalue weighted by molar-refractivity contribution is 1.44. The van der Waals surface area contributed by atoms with E-state index in [1.54, 1.807) is 0 Å². The smallest absolute Gasteiger partial charge is 0.117 e. The Bertz CT molecular complexity index is 226. The van der Waals surface area contributed by atoms with Crippen molar-refractivity contribution < 1.29 is 0 Å². The van der Waals surface area contributed by atoms with Gasteiger partial charge in [-0.25, -0.2) is 0 Å². The van der Waals surface area contributed by atoms with Crippen LogP contribution in [0, 0.1) is 11.3 Å². The van der Waals surface area contributed by atoms with Gasteiger partial charge in [0.2, 0.25) is 0 Å². The summed E-state index contributed by atoms with van der Waals surface area (Å²) < 4.78 is 0. The summed E-state index contributed by atoms with van der Waals surface area (Å²) in [4.78, 5) is 0.0611. The van der Waals surface area contributed by atoms with E-state index in [0.29, 0.717) is 5.03 Å². The van der Waals surface area contributed by atoms with E-state index < -0.39 is 0 Å². The van der Waals surface area contributed by atoms with Gasteiger partial charge in [0.1, 0.15) is 16.6 Å². The lowest BCUT2D eigenvalue weighted by Crippen LogP contribution is -2.14. The molecule has 0 aromatic heterocycles. The molecular formula is C6H9N3S2. The zero-order chi connectivity index (χ0) is 8.85. The van der Waals surface area contributed by atoms with E-state index in [-0.39, 0.29) is 10.6 Å². The number of hydrogen-bond donors (Lipinski definition) is 2. The highest BCUT2D eigenvalue weighted by atomic mass is 32.2. The molecule has 60 valence electrons. The molecule has 0 fully saturated rings. The van der Waals surface area contributed by atoms with Gasteiger partial charge in [-0.1, -0.05) is 19.1 Å². The summed E-state index contributed by atoms with van der Waals surface area (Å²) in [5, 5.41) is 8.93. The third-order valence-electron chi connectivity index (χ3n) is 0.904. The first-order valence-corrected chi connectivity index (χ1v) is 4.35. The van der Waals surface area contributed by atoms with Crippen molar-refractivity contribution >= 4 is 29.0 Å². The van der Waals surface area contributed by atoms with Crippen LogP contribution in [-0.2, 0) is 0 Å². The van der Waals surface area contributed by atoms with Gasteiger partial charge >= 0.3 is 0 Å². The summed E-state index contributed by atoms with van der Waals surface area (Å²) >= 11 is 5.97. The normalized spacial score (nSPS) is 11.6. The average Bonchev–Trinajstić information content (AvgIpc) is 1.88. The molecule has 11 heavy (non-hydrogen) atoms. The molecule has 0 atom stereocenters. The minimum absolute atomic E-state index is 0.0611. The Morgan fingerprint density at radius 1 is 1.64 bits per heavy atom. The Hall–Kier alpha value is -0.730. The molecule has 0 aromatic rings. The van der Waals surface area contributed by atoms with E-state index in [2.05, 4.69) is 12.2 Å². The molecule has 0 unspecified atom stereocenters. The first-order chi connectivity index (χ1) is 5.13. The Morgan fingerprint density at radius 3 is 2.45 bits per heavy atom. The molecule has 4 N–H and O–H groups in total. The van der Waals surface area contributed by atoms with E-state index in [4.69, 9.17) is 16.7 Å². The van der Waals surface area contributed by atoms with Gasteiger partial charge in [-0.2, -0.15) is 5.26 Å². The van der Waals surface area contributed by atoms with Crippen molar-refractivity contribution in [3.05, 3.63) is 10.6 Å². The molecule has 0 heterocycles. The summed E-state index contributed by atoms with van der Waals surface area (Å²) in [6, 6.07) is 1.85. The van der Waals surface area contributed by atoms with Crippen LogP contribution in [0.3, 0.4) is 0 Å². The largest absolute Gasteiger partial charge is 0.392 e. The van der Waals surface area contributed by atoms with Gasteiger partial charge in [-0.3, -0.25) is 0 Å². The van der Waals surface area contributed by atoms with Crippen molar-refractivity contribution in [2.24, 2.45) is 11.5 Å². The molecule has 0 aromatic carbocycles. The maximum Gasteiger partial charge on any atom is 0.117 e. The third kappa shape index (κ3) is 3.25. The van der Waals surface area contributed by atoms with Crippen LogP contribution in [0.5, 0.6) is 0 Å². The fourth-order valence-corrected chi connectivity index (χ4v) is 1.29. The van der Waals surface area contributed by atoms with Crippen LogP contribution < -0.4 is 11.5 Å². The van der Waals surface area contributed by atoms with Gasteiger partial charge in [0.25, 0.3) is 0 Å². The van der Waals surface area contributed by atoms with Crippen LogP contribution in [0.1, 0.15) is 6.92 Å². The summed E-state index contributed by atoms with van der Waals surface area (Å²) in [5.74, 6) is 0.805. The molecule has 3 nitrogen and oxygen atoms in total. The minimum Gasteiger partial charge on any atom is -0.392 e. The lowest BCUT2D eigenvalue weighted by Gasteiger charge is -2.00. The monoisotopic (exact) mass is 187 g/mol. The molecule has 0 spiro atoms. The van der Waals surface area contributed by atoms with Gasteiger partial charge in [0, 0.05) is 0 Å². The highest BCUT2D eigenvalue weighted by Gasteiger charge is 2.04. The first-order valence-electron chi connectivity index (χ1n) is 2.95. The third-order valence-corrected chi connectivity index (χ3v) is 1.91. The molecule has 0 amide bonds. The quantitative estimate of drug-likeness (QED) is 0.387. The highest BCUT2D eigenvalue weighted by Crippen LogP contribution is 2.13. The second kappa shape index (κ2) is 4.99. The van der Waals surface area contributed by atoms with E-state index >= 15 is 0 Å². The maximum absolute atomic E-state index is 8.52. The number of nitrogens with zero attached hydrogens (tertiary/aromatic N) is 1. The van der Waals surface area contributed by atoms with Crippen LogP contribution >= 0.6 is 24.0 Å². The van der Waals surface area contributed by atoms with Gasteiger partial charge in [0.15, 0.2) is 0 Å². The predicted molar refractivity (Wildman–Crippen MR) is 51.7 cm³/mol. The molecule has 0 aliphatic heterocycles. The van der Waals surface area contributed by atoms with Crippen molar-refractivity contribution in [2.45, 2.75) is 6.92 Å². The molecule has 0 radical (unpaired) electrons. The van der Waals surface area contributed by atoms with Gasteiger partial charge in [0.05, 0.1) is 5.03 Å². The predicted octanol–water partition coefficient (Wildman–Crippen LogP) is 0.719. The van der Waals surface area contributed by atoms with Crippen molar-refractivity contribution in [3.8, 4) is 6.07 Å². The average molecular weight is 187 g/mol. The standard InChI is InChI=1S/C6H9N3S2/c1-2-11-6(9)4(3-7)5(8)10/h2,9H2,1H3,(H2,8,10)/b6-4-. The first kappa shape index (κ1) is 10.3. The van der Waals surface area contributed by atoms with Crippen molar-refractivity contribution in [1.82, 2.24) is 0 Å². The van der Waals surface area contributed by atoms with Gasteiger partial charge < -0.3 is 11.5 Å². The van der Waals surface area contributed by atoms with Crippen LogP contribution in [0.2, 0.25) is 0 Å². The number of nitrogens with two attached hydrogens (primary N) is 2. The Kier molecular flexibility index (Phi) is 4.66. The highest BCUT2D eigenvalue weighted by molar-refractivity contribution is 8.03. The molecule has 0 saturated heterocycles. The van der Waals surface area contributed by atoms with Gasteiger partial charge in [-0.05, 0) is 5.75 Å².